The SMILES string of the molecule is O=C1NCCN(C(=O)Cc2ccn[nH]2)C1CC1CCCCC1. The van der Waals surface area contributed by atoms with Gasteiger partial charge in [0, 0.05) is 25.0 Å². The molecule has 0 radical (unpaired) electrons. The number of rotatable bonds is 4. The normalized spacial score (nSPS) is 23.4. The molecule has 2 heterocycles. The van der Waals surface area contributed by atoms with Crippen molar-refractivity contribution in [1.29, 1.82) is 0 Å². The Bertz CT molecular complexity index is 508. The third-order valence-electron chi connectivity index (χ3n) is 4.83. The van der Waals surface area contributed by atoms with Gasteiger partial charge in [0.1, 0.15) is 6.04 Å². The summed E-state index contributed by atoms with van der Waals surface area (Å²) in [6.07, 6.45) is 8.91. The van der Waals surface area contributed by atoms with Gasteiger partial charge in [0.25, 0.3) is 0 Å². The molecular weight excluding hydrogens is 280 g/mol. The monoisotopic (exact) mass is 304 g/mol. The lowest BCUT2D eigenvalue weighted by Crippen LogP contribution is -2.58. The van der Waals surface area contributed by atoms with E-state index in [-0.39, 0.29) is 24.3 Å². The number of aromatic nitrogens is 2. The van der Waals surface area contributed by atoms with Crippen LogP contribution in [0.3, 0.4) is 0 Å². The van der Waals surface area contributed by atoms with E-state index in [4.69, 9.17) is 0 Å². The molecule has 1 saturated carbocycles. The van der Waals surface area contributed by atoms with Crippen LogP contribution in [0.5, 0.6) is 0 Å². The number of nitrogens with zero attached hydrogens (tertiary/aromatic N) is 2. The van der Waals surface area contributed by atoms with Gasteiger partial charge in [-0.25, -0.2) is 0 Å². The molecule has 2 aliphatic rings. The summed E-state index contributed by atoms with van der Waals surface area (Å²) in [5.74, 6) is 0.597. The number of amides is 2. The Labute approximate surface area is 130 Å². The number of carbonyl (C=O) groups excluding carboxylic acids is 2. The first-order valence-electron chi connectivity index (χ1n) is 8.29. The maximum Gasteiger partial charge on any atom is 0.242 e. The van der Waals surface area contributed by atoms with Crippen molar-refractivity contribution in [2.75, 3.05) is 13.1 Å². The van der Waals surface area contributed by atoms with Crippen molar-refractivity contribution in [1.82, 2.24) is 20.4 Å². The minimum absolute atomic E-state index is 0.00906. The largest absolute Gasteiger partial charge is 0.353 e. The zero-order valence-corrected chi connectivity index (χ0v) is 12.9. The summed E-state index contributed by atoms with van der Waals surface area (Å²) >= 11 is 0. The van der Waals surface area contributed by atoms with Crippen LogP contribution in [0.25, 0.3) is 0 Å². The van der Waals surface area contributed by atoms with Gasteiger partial charge in [-0.2, -0.15) is 5.10 Å². The Hall–Kier alpha value is -1.85. The number of piperazine rings is 1. The van der Waals surface area contributed by atoms with Gasteiger partial charge < -0.3 is 10.2 Å². The van der Waals surface area contributed by atoms with Gasteiger partial charge >= 0.3 is 0 Å². The Morgan fingerprint density at radius 1 is 1.32 bits per heavy atom. The standard InChI is InChI=1S/C16H24N4O2/c21-15(11-13-6-7-18-19-13)20-9-8-17-16(22)14(20)10-12-4-2-1-3-5-12/h6-7,12,14H,1-5,8-11H2,(H,17,22)(H,18,19). The molecule has 1 saturated heterocycles. The molecule has 1 aromatic heterocycles. The topological polar surface area (TPSA) is 78.1 Å². The predicted octanol–water partition coefficient (Wildman–Crippen LogP) is 1.25. The van der Waals surface area contributed by atoms with Crippen LogP contribution in [-0.2, 0) is 16.0 Å². The van der Waals surface area contributed by atoms with Crippen LogP contribution in [0, 0.1) is 5.92 Å². The summed E-state index contributed by atoms with van der Waals surface area (Å²) in [6.45, 7) is 1.16. The molecule has 22 heavy (non-hydrogen) atoms. The Kier molecular flexibility index (Phi) is 4.75. The molecule has 0 aromatic carbocycles. The van der Waals surface area contributed by atoms with Crippen LogP contribution < -0.4 is 5.32 Å². The van der Waals surface area contributed by atoms with E-state index < -0.39 is 0 Å². The summed E-state index contributed by atoms with van der Waals surface area (Å²) in [5, 5.41) is 9.60. The van der Waals surface area contributed by atoms with E-state index >= 15 is 0 Å². The zero-order chi connectivity index (χ0) is 15.4. The summed E-state index contributed by atoms with van der Waals surface area (Å²) in [5.41, 5.74) is 0.799. The summed E-state index contributed by atoms with van der Waals surface area (Å²) < 4.78 is 0. The van der Waals surface area contributed by atoms with Gasteiger partial charge in [-0.3, -0.25) is 14.7 Å². The van der Waals surface area contributed by atoms with Crippen molar-refractivity contribution in [2.45, 2.75) is 51.0 Å². The van der Waals surface area contributed by atoms with Gasteiger partial charge in [0.2, 0.25) is 11.8 Å². The number of carbonyl (C=O) groups is 2. The van der Waals surface area contributed by atoms with Crippen molar-refractivity contribution in [3.63, 3.8) is 0 Å². The van der Waals surface area contributed by atoms with E-state index in [2.05, 4.69) is 15.5 Å². The minimum Gasteiger partial charge on any atom is -0.353 e. The third-order valence-corrected chi connectivity index (χ3v) is 4.83. The number of H-pyrrole nitrogens is 1. The number of nitrogens with one attached hydrogen (secondary N) is 2. The highest BCUT2D eigenvalue weighted by Gasteiger charge is 2.34. The second-order valence-corrected chi connectivity index (χ2v) is 6.39. The van der Waals surface area contributed by atoms with E-state index in [0.717, 1.165) is 12.1 Å². The van der Waals surface area contributed by atoms with E-state index in [1.165, 1.54) is 32.1 Å². The molecule has 0 bridgehead atoms. The van der Waals surface area contributed by atoms with Crippen LogP contribution in [0.4, 0.5) is 0 Å². The van der Waals surface area contributed by atoms with Crippen LogP contribution in [0.2, 0.25) is 0 Å². The number of hydrogen-bond donors (Lipinski definition) is 2. The van der Waals surface area contributed by atoms with E-state index in [1.54, 1.807) is 17.2 Å². The molecular formula is C16H24N4O2. The fourth-order valence-corrected chi connectivity index (χ4v) is 3.63. The average molecular weight is 304 g/mol. The second kappa shape index (κ2) is 6.94. The highest BCUT2D eigenvalue weighted by Crippen LogP contribution is 2.29. The van der Waals surface area contributed by atoms with Gasteiger partial charge in [-0.05, 0) is 18.4 Å². The Morgan fingerprint density at radius 2 is 2.14 bits per heavy atom. The van der Waals surface area contributed by atoms with Gasteiger partial charge in [0.05, 0.1) is 6.42 Å². The molecule has 1 unspecified atom stereocenters. The molecule has 120 valence electrons. The molecule has 6 heteroatoms. The summed E-state index contributed by atoms with van der Waals surface area (Å²) in [7, 11) is 0. The molecule has 2 fully saturated rings. The Balaban J connectivity index is 1.66. The smallest absolute Gasteiger partial charge is 0.242 e. The lowest BCUT2D eigenvalue weighted by molar-refractivity contribution is -0.143. The molecule has 0 spiro atoms. The van der Waals surface area contributed by atoms with Gasteiger partial charge in [-0.15, -0.1) is 0 Å². The van der Waals surface area contributed by atoms with E-state index in [9.17, 15) is 9.59 Å². The molecule has 1 aliphatic carbocycles. The lowest BCUT2D eigenvalue weighted by atomic mass is 9.84. The quantitative estimate of drug-likeness (QED) is 0.879. The van der Waals surface area contributed by atoms with Gasteiger partial charge in [-0.1, -0.05) is 32.1 Å². The summed E-state index contributed by atoms with van der Waals surface area (Å²) in [6, 6.07) is 1.50. The third kappa shape index (κ3) is 3.48. The fraction of sp³-hybridized carbons (Fsp3) is 0.688. The maximum atomic E-state index is 12.6. The first kappa shape index (κ1) is 15.1. The first-order chi connectivity index (χ1) is 10.7. The second-order valence-electron chi connectivity index (χ2n) is 6.39. The van der Waals surface area contributed by atoms with Crippen LogP contribution in [0.15, 0.2) is 12.3 Å². The van der Waals surface area contributed by atoms with E-state index in [0.29, 0.717) is 19.0 Å². The molecule has 2 N–H and O–H groups in total. The predicted molar refractivity (Wildman–Crippen MR) is 82.0 cm³/mol. The maximum absolute atomic E-state index is 12.6. The molecule has 6 nitrogen and oxygen atoms in total. The number of hydrogen-bond acceptors (Lipinski definition) is 3. The summed E-state index contributed by atoms with van der Waals surface area (Å²) in [4.78, 5) is 26.6. The zero-order valence-electron chi connectivity index (χ0n) is 12.9. The molecule has 1 aromatic rings. The average Bonchev–Trinajstić information content (AvgIpc) is 3.03. The molecule has 3 rings (SSSR count). The molecule has 1 aliphatic heterocycles. The van der Waals surface area contributed by atoms with Crippen LogP contribution in [0.1, 0.15) is 44.2 Å². The van der Waals surface area contributed by atoms with Crippen molar-refractivity contribution in [3.05, 3.63) is 18.0 Å². The van der Waals surface area contributed by atoms with Gasteiger partial charge in [0.15, 0.2) is 0 Å². The highest BCUT2D eigenvalue weighted by atomic mass is 16.2. The van der Waals surface area contributed by atoms with Crippen molar-refractivity contribution >= 4 is 11.8 Å². The Morgan fingerprint density at radius 3 is 2.86 bits per heavy atom. The highest BCUT2D eigenvalue weighted by molar-refractivity contribution is 5.89. The van der Waals surface area contributed by atoms with Crippen LogP contribution in [-0.4, -0.2) is 46.0 Å². The van der Waals surface area contributed by atoms with Crippen LogP contribution >= 0.6 is 0 Å². The fourth-order valence-electron chi connectivity index (χ4n) is 3.63. The minimum atomic E-state index is -0.299. The lowest BCUT2D eigenvalue weighted by Gasteiger charge is -2.37. The van der Waals surface area contributed by atoms with Crippen molar-refractivity contribution in [2.24, 2.45) is 5.92 Å². The molecule has 2 amide bonds. The first-order valence-corrected chi connectivity index (χ1v) is 8.29. The van der Waals surface area contributed by atoms with Crippen molar-refractivity contribution in [3.8, 4) is 0 Å². The molecule has 1 atom stereocenters. The number of aromatic amines is 1. The van der Waals surface area contributed by atoms with Crippen molar-refractivity contribution < 1.29 is 9.59 Å². The van der Waals surface area contributed by atoms with E-state index in [1.807, 2.05) is 0 Å².